The molecular formula is C22H24N2O3S. The van der Waals surface area contributed by atoms with Crippen LogP contribution in [0.2, 0.25) is 0 Å². The second kappa shape index (κ2) is 8.97. The number of aryl methyl sites for hydroxylation is 1. The Morgan fingerprint density at radius 3 is 2.64 bits per heavy atom. The number of carbonyl (C=O) groups is 1. The third-order valence-corrected chi connectivity index (χ3v) is 5.18. The number of anilines is 2. The number of nitrogens with one attached hydrogen (secondary N) is 1. The Bertz CT molecular complexity index is 1030. The molecule has 1 heterocycles. The van der Waals surface area contributed by atoms with Crippen LogP contribution in [0, 0.1) is 6.92 Å². The summed E-state index contributed by atoms with van der Waals surface area (Å²) in [5, 5.41) is 4.24. The number of carbonyl (C=O) groups excluding carboxylic acids is 1. The number of para-hydroxylation sites is 2. The summed E-state index contributed by atoms with van der Waals surface area (Å²) in [5.41, 5.74) is 3.74. The largest absolute Gasteiger partial charge is 0.490 e. The van der Waals surface area contributed by atoms with Crippen LogP contribution in [0.4, 0.5) is 11.4 Å². The normalized spacial score (nSPS) is 12.0. The van der Waals surface area contributed by atoms with Gasteiger partial charge in [-0.2, -0.15) is 0 Å². The molecule has 0 saturated heterocycles. The number of ether oxygens (including phenoxy) is 1. The molecule has 0 amide bonds. The third kappa shape index (κ3) is 4.57. The van der Waals surface area contributed by atoms with Gasteiger partial charge in [0.05, 0.1) is 18.0 Å². The van der Waals surface area contributed by atoms with Crippen molar-refractivity contribution in [1.29, 1.82) is 0 Å². The molecule has 0 aliphatic rings. The van der Waals surface area contributed by atoms with Crippen LogP contribution in [-0.4, -0.2) is 33.6 Å². The van der Waals surface area contributed by atoms with Crippen molar-refractivity contribution in [1.82, 2.24) is 4.98 Å². The monoisotopic (exact) mass is 396 g/mol. The number of rotatable bonds is 8. The fourth-order valence-corrected chi connectivity index (χ4v) is 3.21. The lowest BCUT2D eigenvalue weighted by atomic mass is 10.1. The first-order chi connectivity index (χ1) is 13.5. The first-order valence-electron chi connectivity index (χ1n) is 9.22. The van der Waals surface area contributed by atoms with E-state index < -0.39 is 10.8 Å². The molecule has 28 heavy (non-hydrogen) atoms. The van der Waals surface area contributed by atoms with E-state index >= 15 is 0 Å². The fourth-order valence-electron chi connectivity index (χ4n) is 2.89. The zero-order chi connectivity index (χ0) is 20.1. The molecule has 1 unspecified atom stereocenters. The molecular weight excluding hydrogens is 372 g/mol. The van der Waals surface area contributed by atoms with Crippen LogP contribution < -0.4 is 10.1 Å². The number of ketones is 1. The summed E-state index contributed by atoms with van der Waals surface area (Å²) < 4.78 is 17.1. The molecule has 146 valence electrons. The maximum Gasteiger partial charge on any atom is 0.183 e. The van der Waals surface area contributed by atoms with Crippen LogP contribution in [0.1, 0.15) is 29.4 Å². The van der Waals surface area contributed by atoms with Gasteiger partial charge in [-0.25, -0.2) is 4.98 Å². The number of benzene rings is 2. The average molecular weight is 397 g/mol. The van der Waals surface area contributed by atoms with Crippen molar-refractivity contribution in [2.24, 2.45) is 0 Å². The number of Topliss-reactive ketones (excluding diaryl/α,β-unsaturated/α-hetero) is 1. The van der Waals surface area contributed by atoms with Crippen molar-refractivity contribution in [2.75, 3.05) is 23.9 Å². The van der Waals surface area contributed by atoms with Crippen LogP contribution in [0.3, 0.4) is 0 Å². The molecule has 0 radical (unpaired) electrons. The highest BCUT2D eigenvalue weighted by Crippen LogP contribution is 2.31. The number of pyridine rings is 1. The first-order valence-corrected chi connectivity index (χ1v) is 10.9. The highest BCUT2D eigenvalue weighted by atomic mass is 32.2. The minimum absolute atomic E-state index is 0.0394. The Hall–Kier alpha value is -2.73. The minimum Gasteiger partial charge on any atom is -0.490 e. The van der Waals surface area contributed by atoms with Gasteiger partial charge in [-0.05, 0) is 30.7 Å². The Kier molecular flexibility index (Phi) is 6.41. The standard InChI is InChI=1S/C22H24N2O3S/c1-4-19(25)22-18(23-17-10-6-5-8-15(17)2)14-16-9-7-11-20(21(16)24-22)27-12-13-28(3)26/h5-11,14,23H,4,12-13H2,1-3H3. The molecule has 2 aromatic carbocycles. The molecule has 1 aromatic heterocycles. The lowest BCUT2D eigenvalue weighted by molar-refractivity contribution is 0.0984. The molecule has 0 aliphatic heterocycles. The van der Waals surface area contributed by atoms with Crippen molar-refractivity contribution in [3.05, 3.63) is 59.8 Å². The summed E-state index contributed by atoms with van der Waals surface area (Å²) in [5.74, 6) is 1.00. The molecule has 6 heteroatoms. The zero-order valence-electron chi connectivity index (χ0n) is 16.3. The van der Waals surface area contributed by atoms with E-state index in [1.807, 2.05) is 62.4 Å². The van der Waals surface area contributed by atoms with Crippen LogP contribution in [-0.2, 0) is 10.8 Å². The summed E-state index contributed by atoms with van der Waals surface area (Å²) in [6, 6.07) is 15.5. The molecule has 5 nitrogen and oxygen atoms in total. The van der Waals surface area contributed by atoms with Crippen molar-refractivity contribution >= 4 is 38.9 Å². The quantitative estimate of drug-likeness (QED) is 0.562. The smallest absolute Gasteiger partial charge is 0.183 e. The van der Waals surface area contributed by atoms with Gasteiger partial charge < -0.3 is 10.1 Å². The Morgan fingerprint density at radius 1 is 1.14 bits per heavy atom. The van der Waals surface area contributed by atoms with E-state index in [4.69, 9.17) is 4.74 Å². The van der Waals surface area contributed by atoms with Crippen LogP contribution >= 0.6 is 0 Å². The van der Waals surface area contributed by atoms with Crippen LogP contribution in [0.5, 0.6) is 5.75 Å². The number of hydrogen-bond donors (Lipinski definition) is 1. The van der Waals surface area contributed by atoms with Gasteiger partial charge >= 0.3 is 0 Å². The summed E-state index contributed by atoms with van der Waals surface area (Å²) in [6.07, 6.45) is 2.01. The molecule has 0 aliphatic carbocycles. The SMILES string of the molecule is CCC(=O)c1nc2c(OCCS(C)=O)cccc2cc1Nc1ccccc1C. The second-order valence-electron chi connectivity index (χ2n) is 6.55. The fraction of sp³-hybridized carbons (Fsp3) is 0.273. The summed E-state index contributed by atoms with van der Waals surface area (Å²) in [4.78, 5) is 17.2. The predicted molar refractivity (Wildman–Crippen MR) is 115 cm³/mol. The van der Waals surface area contributed by atoms with E-state index in [-0.39, 0.29) is 5.78 Å². The first kappa shape index (κ1) is 20.0. The number of fused-ring (bicyclic) bond motifs is 1. The molecule has 3 rings (SSSR count). The minimum atomic E-state index is -0.924. The molecule has 1 atom stereocenters. The van der Waals surface area contributed by atoms with Crippen LogP contribution in [0.25, 0.3) is 10.9 Å². The predicted octanol–water partition coefficient (Wildman–Crippen LogP) is 4.64. The summed E-state index contributed by atoms with van der Waals surface area (Å²) in [7, 11) is -0.924. The van der Waals surface area contributed by atoms with Crippen molar-refractivity contribution < 1.29 is 13.7 Å². The van der Waals surface area contributed by atoms with Gasteiger partial charge in [0.15, 0.2) is 5.78 Å². The maximum absolute atomic E-state index is 12.6. The van der Waals surface area contributed by atoms with Gasteiger partial charge in [-0.15, -0.1) is 0 Å². The highest BCUT2D eigenvalue weighted by Gasteiger charge is 2.16. The lowest BCUT2D eigenvalue weighted by Crippen LogP contribution is -2.09. The Morgan fingerprint density at radius 2 is 1.93 bits per heavy atom. The van der Waals surface area contributed by atoms with Gasteiger partial charge in [-0.3, -0.25) is 9.00 Å². The van der Waals surface area contributed by atoms with Crippen molar-refractivity contribution in [3.8, 4) is 5.75 Å². The Labute approximate surface area is 167 Å². The number of hydrogen-bond acceptors (Lipinski definition) is 5. The zero-order valence-corrected chi connectivity index (χ0v) is 17.1. The van der Waals surface area contributed by atoms with Crippen molar-refractivity contribution in [2.45, 2.75) is 20.3 Å². The lowest BCUT2D eigenvalue weighted by Gasteiger charge is -2.15. The van der Waals surface area contributed by atoms with Gasteiger partial charge in [0.25, 0.3) is 0 Å². The second-order valence-corrected chi connectivity index (χ2v) is 8.11. The Balaban J connectivity index is 2.05. The van der Waals surface area contributed by atoms with Gasteiger partial charge in [-0.1, -0.05) is 37.3 Å². The highest BCUT2D eigenvalue weighted by molar-refractivity contribution is 7.84. The van der Waals surface area contributed by atoms with Gasteiger partial charge in [0.1, 0.15) is 17.0 Å². The van der Waals surface area contributed by atoms with E-state index in [9.17, 15) is 9.00 Å². The van der Waals surface area contributed by atoms with Gasteiger partial charge in [0.2, 0.25) is 0 Å². The van der Waals surface area contributed by atoms with E-state index in [1.165, 1.54) is 0 Å². The number of aromatic nitrogens is 1. The van der Waals surface area contributed by atoms with Crippen molar-refractivity contribution in [3.63, 3.8) is 0 Å². The maximum atomic E-state index is 12.6. The van der Waals surface area contributed by atoms with E-state index in [1.54, 1.807) is 6.26 Å². The van der Waals surface area contributed by atoms with E-state index in [0.717, 1.165) is 16.6 Å². The molecule has 3 aromatic rings. The average Bonchev–Trinajstić information content (AvgIpc) is 2.68. The topological polar surface area (TPSA) is 68.3 Å². The molecule has 1 N–H and O–H groups in total. The molecule has 0 fully saturated rings. The summed E-state index contributed by atoms with van der Waals surface area (Å²) in [6.45, 7) is 4.18. The molecule has 0 spiro atoms. The molecule has 0 bridgehead atoms. The summed E-state index contributed by atoms with van der Waals surface area (Å²) >= 11 is 0. The third-order valence-electron chi connectivity index (χ3n) is 4.44. The van der Waals surface area contributed by atoms with E-state index in [2.05, 4.69) is 10.3 Å². The van der Waals surface area contributed by atoms with Crippen LogP contribution in [0.15, 0.2) is 48.5 Å². The van der Waals surface area contributed by atoms with Gasteiger partial charge in [0, 0.05) is 34.5 Å². The van der Waals surface area contributed by atoms with E-state index in [0.29, 0.717) is 41.4 Å². The number of nitrogens with zero attached hydrogens (tertiary/aromatic N) is 1. The molecule has 0 saturated carbocycles.